The number of anilines is 2. The Hall–Kier alpha value is -4.07. The van der Waals surface area contributed by atoms with Crippen LogP contribution in [0.25, 0.3) is 0 Å². The summed E-state index contributed by atoms with van der Waals surface area (Å²) in [5, 5.41) is 14.5. The number of carbonyl (C=O) groups is 1. The smallest absolute Gasteiger partial charge is 0.269 e. The molecule has 1 amide bonds. The maximum Gasteiger partial charge on any atom is 0.269 e. The number of ether oxygens (including phenoxy) is 1. The largest absolute Gasteiger partial charge is 0.497 e. The van der Waals surface area contributed by atoms with Gasteiger partial charge in [-0.3, -0.25) is 14.9 Å². The number of piperazine rings is 1. The number of nitrogens with zero attached hydrogens (tertiary/aromatic N) is 3. The Balaban J connectivity index is 1.35. The van der Waals surface area contributed by atoms with E-state index in [9.17, 15) is 14.9 Å². The molecule has 36 heavy (non-hydrogen) atoms. The van der Waals surface area contributed by atoms with Crippen LogP contribution in [0.1, 0.15) is 11.1 Å². The van der Waals surface area contributed by atoms with Crippen LogP contribution in [-0.4, -0.2) is 50.2 Å². The van der Waals surface area contributed by atoms with Crippen molar-refractivity contribution in [2.75, 3.05) is 43.1 Å². The molecule has 2 aliphatic heterocycles. The predicted octanol–water partition coefficient (Wildman–Crippen LogP) is 3.83. The number of para-hydroxylation sites is 1. The van der Waals surface area contributed by atoms with E-state index in [-0.39, 0.29) is 28.5 Å². The van der Waals surface area contributed by atoms with Crippen LogP contribution in [0.3, 0.4) is 0 Å². The van der Waals surface area contributed by atoms with Gasteiger partial charge in [0, 0.05) is 49.7 Å². The average molecular weight is 487 g/mol. The third-order valence-corrected chi connectivity index (χ3v) is 7.24. The number of fused-ring (bicyclic) bond motifs is 3. The molecule has 1 fully saturated rings. The van der Waals surface area contributed by atoms with Crippen molar-refractivity contribution < 1.29 is 14.5 Å². The normalized spacial score (nSPS) is 18.7. The number of amides is 1. The Morgan fingerprint density at radius 3 is 2.58 bits per heavy atom. The van der Waals surface area contributed by atoms with Crippen molar-refractivity contribution in [1.82, 2.24) is 5.32 Å². The van der Waals surface area contributed by atoms with Crippen molar-refractivity contribution in [1.29, 1.82) is 0 Å². The second-order valence-corrected chi connectivity index (χ2v) is 9.31. The van der Waals surface area contributed by atoms with E-state index in [1.807, 2.05) is 48.5 Å². The highest BCUT2D eigenvalue weighted by atomic mass is 16.6. The molecule has 0 aromatic heterocycles. The standard InChI is InChI=1S/C28H30N4O4/c1-36-24-10-7-20(8-11-24)13-14-29-28(33)25-18-21-17-23(32(34)35)9-12-26(21)31-16-15-30(19-27(25)31)22-5-3-2-4-6-22/h2-12,17,25,27H,13-16,18-19H2,1H3,(H,29,33)/t25-,27+/m1/s1. The minimum absolute atomic E-state index is 0.00872. The fourth-order valence-corrected chi connectivity index (χ4v) is 5.35. The maximum atomic E-state index is 13.5. The minimum atomic E-state index is -0.371. The highest BCUT2D eigenvalue weighted by Gasteiger charge is 2.42. The zero-order valence-electron chi connectivity index (χ0n) is 20.3. The van der Waals surface area contributed by atoms with E-state index < -0.39 is 0 Å². The first-order valence-corrected chi connectivity index (χ1v) is 12.3. The summed E-state index contributed by atoms with van der Waals surface area (Å²) >= 11 is 0. The van der Waals surface area contributed by atoms with Crippen LogP contribution in [0, 0.1) is 16.0 Å². The second kappa shape index (κ2) is 10.3. The fourth-order valence-electron chi connectivity index (χ4n) is 5.35. The monoisotopic (exact) mass is 486 g/mol. The molecule has 0 bridgehead atoms. The molecule has 3 aromatic carbocycles. The molecule has 1 saturated heterocycles. The van der Waals surface area contributed by atoms with E-state index in [0.29, 0.717) is 13.0 Å². The zero-order chi connectivity index (χ0) is 25.1. The molecule has 0 aliphatic carbocycles. The number of hydrogen-bond acceptors (Lipinski definition) is 6. The van der Waals surface area contributed by atoms with Gasteiger partial charge < -0.3 is 19.9 Å². The van der Waals surface area contributed by atoms with Crippen LogP contribution >= 0.6 is 0 Å². The van der Waals surface area contributed by atoms with Gasteiger partial charge in [0.1, 0.15) is 5.75 Å². The summed E-state index contributed by atoms with van der Waals surface area (Å²) in [6.45, 7) is 2.82. The number of hydrogen-bond donors (Lipinski definition) is 1. The van der Waals surface area contributed by atoms with Crippen LogP contribution in [0.4, 0.5) is 17.1 Å². The summed E-state index contributed by atoms with van der Waals surface area (Å²) in [6, 6.07) is 23.1. The Labute approximate surface area is 210 Å². The Kier molecular flexibility index (Phi) is 6.75. The first kappa shape index (κ1) is 23.7. The molecule has 2 aliphatic rings. The average Bonchev–Trinajstić information content (AvgIpc) is 2.92. The lowest BCUT2D eigenvalue weighted by Gasteiger charge is -2.49. The van der Waals surface area contributed by atoms with Gasteiger partial charge in [0.05, 0.1) is 24.0 Å². The quantitative estimate of drug-likeness (QED) is 0.403. The predicted molar refractivity (Wildman–Crippen MR) is 140 cm³/mol. The third-order valence-electron chi connectivity index (χ3n) is 7.24. The number of methoxy groups -OCH3 is 1. The molecule has 8 nitrogen and oxygen atoms in total. The number of carbonyl (C=O) groups excluding carboxylic acids is 1. The van der Waals surface area contributed by atoms with Gasteiger partial charge in [-0.1, -0.05) is 30.3 Å². The molecule has 0 radical (unpaired) electrons. The Morgan fingerprint density at radius 1 is 1.08 bits per heavy atom. The number of rotatable bonds is 7. The Morgan fingerprint density at radius 2 is 1.86 bits per heavy atom. The Bertz CT molecular complexity index is 1230. The summed E-state index contributed by atoms with van der Waals surface area (Å²) in [7, 11) is 1.64. The van der Waals surface area contributed by atoms with E-state index in [1.165, 1.54) is 0 Å². The third kappa shape index (κ3) is 4.84. The number of non-ortho nitro benzene ring substituents is 1. The molecule has 8 heteroatoms. The van der Waals surface area contributed by atoms with Crippen LogP contribution in [0.15, 0.2) is 72.8 Å². The van der Waals surface area contributed by atoms with Crippen LogP contribution in [-0.2, 0) is 17.6 Å². The van der Waals surface area contributed by atoms with Gasteiger partial charge in [-0.05, 0) is 54.3 Å². The molecule has 5 rings (SSSR count). The van der Waals surface area contributed by atoms with Gasteiger partial charge in [0.2, 0.25) is 5.91 Å². The SMILES string of the molecule is COc1ccc(CCNC(=O)[C@@H]2Cc3cc([N+](=O)[O-])ccc3N3CCN(c4ccccc4)C[C@@H]23)cc1. The van der Waals surface area contributed by atoms with Gasteiger partial charge in [-0.2, -0.15) is 0 Å². The van der Waals surface area contributed by atoms with E-state index in [2.05, 4.69) is 27.2 Å². The zero-order valence-corrected chi connectivity index (χ0v) is 20.3. The van der Waals surface area contributed by atoms with E-state index in [1.54, 1.807) is 19.2 Å². The summed E-state index contributed by atoms with van der Waals surface area (Å²) < 4.78 is 5.21. The first-order valence-electron chi connectivity index (χ1n) is 12.3. The van der Waals surface area contributed by atoms with Gasteiger partial charge in [-0.15, -0.1) is 0 Å². The van der Waals surface area contributed by atoms with Crippen molar-refractivity contribution in [3.05, 3.63) is 94.0 Å². The van der Waals surface area contributed by atoms with E-state index in [0.717, 1.165) is 54.3 Å². The van der Waals surface area contributed by atoms with Gasteiger partial charge in [0.15, 0.2) is 0 Å². The number of nitro groups is 1. The molecule has 3 aromatic rings. The molecule has 1 N–H and O–H groups in total. The molecule has 0 saturated carbocycles. The minimum Gasteiger partial charge on any atom is -0.497 e. The van der Waals surface area contributed by atoms with Gasteiger partial charge in [0.25, 0.3) is 5.69 Å². The van der Waals surface area contributed by atoms with Crippen molar-refractivity contribution in [3.8, 4) is 5.75 Å². The number of nitro benzene ring substituents is 1. The summed E-state index contributed by atoms with van der Waals surface area (Å²) in [4.78, 5) is 29.1. The molecule has 2 atom stereocenters. The van der Waals surface area contributed by atoms with Crippen LogP contribution in [0.2, 0.25) is 0 Å². The van der Waals surface area contributed by atoms with E-state index >= 15 is 0 Å². The lowest BCUT2D eigenvalue weighted by atomic mass is 9.83. The molecule has 0 spiro atoms. The number of benzene rings is 3. The van der Waals surface area contributed by atoms with Crippen LogP contribution < -0.4 is 19.9 Å². The van der Waals surface area contributed by atoms with Crippen molar-refractivity contribution >= 4 is 23.0 Å². The summed E-state index contributed by atoms with van der Waals surface area (Å²) in [5.41, 5.74) is 4.19. The molecule has 186 valence electrons. The molecular weight excluding hydrogens is 456 g/mol. The molecular formula is C28H30N4O4. The van der Waals surface area contributed by atoms with Crippen molar-refractivity contribution in [2.24, 2.45) is 5.92 Å². The summed E-state index contributed by atoms with van der Waals surface area (Å²) in [6.07, 6.45) is 1.20. The van der Waals surface area contributed by atoms with Gasteiger partial charge >= 0.3 is 0 Å². The molecule has 2 heterocycles. The number of nitrogens with one attached hydrogen (secondary N) is 1. The maximum absolute atomic E-state index is 13.5. The topological polar surface area (TPSA) is 87.9 Å². The second-order valence-electron chi connectivity index (χ2n) is 9.31. The highest BCUT2D eigenvalue weighted by molar-refractivity contribution is 5.82. The highest BCUT2D eigenvalue weighted by Crippen LogP contribution is 2.38. The van der Waals surface area contributed by atoms with Crippen LogP contribution in [0.5, 0.6) is 5.75 Å². The lowest BCUT2D eigenvalue weighted by Crippen LogP contribution is -2.61. The van der Waals surface area contributed by atoms with Crippen molar-refractivity contribution in [3.63, 3.8) is 0 Å². The van der Waals surface area contributed by atoms with E-state index in [4.69, 9.17) is 4.74 Å². The molecule has 0 unspecified atom stereocenters. The first-order chi connectivity index (χ1) is 17.5. The summed E-state index contributed by atoms with van der Waals surface area (Å²) in [5.74, 6) is 0.491. The van der Waals surface area contributed by atoms with Crippen molar-refractivity contribution in [2.45, 2.75) is 18.9 Å². The van der Waals surface area contributed by atoms with Gasteiger partial charge in [-0.25, -0.2) is 0 Å². The lowest BCUT2D eigenvalue weighted by molar-refractivity contribution is -0.384. The fraction of sp³-hybridized carbons (Fsp3) is 0.321.